The summed E-state index contributed by atoms with van der Waals surface area (Å²) >= 11 is 4.09. The fourth-order valence-electron chi connectivity index (χ4n) is 0.825. The minimum atomic E-state index is 0.587. The molecule has 0 amide bonds. The quantitative estimate of drug-likeness (QED) is 0.461. The van der Waals surface area contributed by atoms with Crippen molar-refractivity contribution in [2.24, 2.45) is 0 Å². The van der Waals surface area contributed by atoms with Crippen molar-refractivity contribution in [1.29, 1.82) is 0 Å². The van der Waals surface area contributed by atoms with Crippen molar-refractivity contribution < 1.29 is 0 Å². The molecule has 0 aromatic carbocycles. The maximum Gasteiger partial charge on any atom is 0.317 e. The van der Waals surface area contributed by atoms with Gasteiger partial charge in [0.05, 0.1) is 0 Å². The SMILES string of the molecule is CCCCCC[CH2][Al][Br]. The van der Waals surface area contributed by atoms with Gasteiger partial charge in [0.1, 0.15) is 0 Å². The highest BCUT2D eigenvalue weighted by Crippen LogP contribution is 2.05. The number of hydrogen-bond acceptors (Lipinski definition) is 0. The Bertz CT molecular complexity index is 42.2. The lowest BCUT2D eigenvalue weighted by molar-refractivity contribution is 0.656. The Balaban J connectivity index is 2.60. The van der Waals surface area contributed by atoms with Crippen LogP contribution in [0.1, 0.15) is 39.0 Å². The molecule has 53 valence electrons. The molecule has 0 spiro atoms. The van der Waals surface area contributed by atoms with E-state index in [4.69, 9.17) is 0 Å². The smallest absolute Gasteiger partial charge is 0.233 e. The standard InChI is InChI=1S/C7H15.Al.BrH/c1-3-5-7-6-4-2;;/h1,3-7H2,2H3;;1H/q;+1;/p-1. The zero-order valence-corrected chi connectivity index (χ0v) is 8.94. The minimum Gasteiger partial charge on any atom is -0.233 e. The third-order valence-electron chi connectivity index (χ3n) is 1.42. The second-order valence-electron chi connectivity index (χ2n) is 2.36. The number of unbranched alkanes of at least 4 members (excludes halogenated alkanes) is 4. The first-order valence-corrected chi connectivity index (χ1v) is 7.83. The fourth-order valence-corrected chi connectivity index (χ4v) is 2.24. The Hall–Kier alpha value is 1.01. The van der Waals surface area contributed by atoms with Crippen LogP contribution >= 0.6 is 14.1 Å². The van der Waals surface area contributed by atoms with Gasteiger partial charge in [-0.05, 0) is 0 Å². The molecule has 0 aliphatic carbocycles. The van der Waals surface area contributed by atoms with E-state index in [1.54, 1.807) is 0 Å². The average Bonchev–Trinajstić information content (AvgIpc) is 1.89. The molecule has 0 saturated heterocycles. The maximum atomic E-state index is 3.50. The summed E-state index contributed by atoms with van der Waals surface area (Å²) in [5.41, 5.74) is 0. The first-order valence-electron chi connectivity index (χ1n) is 3.83. The number of halogens is 1. The summed E-state index contributed by atoms with van der Waals surface area (Å²) in [6, 6.07) is 0. The van der Waals surface area contributed by atoms with E-state index < -0.39 is 0 Å². The highest BCUT2D eigenvalue weighted by molar-refractivity contribution is 9.23. The van der Waals surface area contributed by atoms with Gasteiger partial charge in [-0.3, -0.25) is 0 Å². The largest absolute Gasteiger partial charge is 0.317 e. The van der Waals surface area contributed by atoms with E-state index in [-0.39, 0.29) is 0 Å². The summed E-state index contributed by atoms with van der Waals surface area (Å²) < 4.78 is 0. The molecule has 0 heterocycles. The molecule has 9 heavy (non-hydrogen) atoms. The third kappa shape index (κ3) is 9.01. The molecule has 0 unspecified atom stereocenters. The van der Waals surface area contributed by atoms with Crippen molar-refractivity contribution in [2.45, 2.75) is 44.3 Å². The normalized spacial score (nSPS) is 9.56. The van der Waals surface area contributed by atoms with E-state index in [1.807, 2.05) is 0 Å². The zero-order valence-electron chi connectivity index (χ0n) is 6.20. The highest BCUT2D eigenvalue weighted by atomic mass is 79.9. The average molecular weight is 206 g/mol. The van der Waals surface area contributed by atoms with E-state index in [1.165, 1.54) is 37.4 Å². The molecule has 0 atom stereocenters. The predicted octanol–water partition coefficient (Wildman–Crippen LogP) is 3.39. The van der Waals surface area contributed by atoms with E-state index >= 15 is 0 Å². The van der Waals surface area contributed by atoms with E-state index in [0.717, 1.165) is 0 Å². The molecule has 0 aromatic heterocycles. The van der Waals surface area contributed by atoms with Crippen molar-refractivity contribution in [3.63, 3.8) is 0 Å². The van der Waals surface area contributed by atoms with E-state index in [0.29, 0.717) is 13.4 Å². The second-order valence-corrected chi connectivity index (χ2v) is 5.19. The third-order valence-corrected chi connectivity index (χ3v) is 3.42. The zero-order chi connectivity index (χ0) is 6.95. The molecule has 2 heteroatoms. The van der Waals surface area contributed by atoms with Crippen LogP contribution in [0, 0.1) is 0 Å². The van der Waals surface area contributed by atoms with Crippen LogP contribution in [0.5, 0.6) is 0 Å². The van der Waals surface area contributed by atoms with Gasteiger partial charge in [-0.2, -0.15) is 0 Å². The number of hydrogen-bond donors (Lipinski definition) is 0. The summed E-state index contributed by atoms with van der Waals surface area (Å²) in [7, 11) is 0. The molecular weight excluding hydrogens is 191 g/mol. The molecule has 1 radical (unpaired) electrons. The molecule has 0 fully saturated rings. The van der Waals surface area contributed by atoms with Gasteiger partial charge in [0, 0.05) is 0 Å². The summed E-state index contributed by atoms with van der Waals surface area (Å²) in [5, 5.41) is 1.43. The number of rotatable bonds is 6. The van der Waals surface area contributed by atoms with Gasteiger partial charge in [0.2, 0.25) is 0 Å². The van der Waals surface area contributed by atoms with Crippen molar-refractivity contribution >= 4 is 27.4 Å². The van der Waals surface area contributed by atoms with Crippen LogP contribution in [0.2, 0.25) is 5.28 Å². The topological polar surface area (TPSA) is 0 Å². The Morgan fingerprint density at radius 1 is 1.11 bits per heavy atom. The molecule has 0 rings (SSSR count). The molecule has 0 aliphatic rings. The van der Waals surface area contributed by atoms with Crippen LogP contribution in [0.4, 0.5) is 0 Å². The summed E-state index contributed by atoms with van der Waals surface area (Å²) in [6.07, 6.45) is 7.13. The Labute approximate surface area is 71.8 Å². The van der Waals surface area contributed by atoms with Crippen LogP contribution in [-0.4, -0.2) is 13.4 Å². The van der Waals surface area contributed by atoms with Crippen molar-refractivity contribution in [2.75, 3.05) is 0 Å². The van der Waals surface area contributed by atoms with Crippen LogP contribution < -0.4 is 0 Å². The van der Waals surface area contributed by atoms with E-state index in [2.05, 4.69) is 21.0 Å². The Morgan fingerprint density at radius 3 is 2.33 bits per heavy atom. The summed E-state index contributed by atoms with van der Waals surface area (Å²) in [6.45, 7) is 2.26. The highest BCUT2D eigenvalue weighted by Gasteiger charge is 1.88. The van der Waals surface area contributed by atoms with Gasteiger partial charge in [-0.25, -0.2) is 14.1 Å². The lowest BCUT2D eigenvalue weighted by atomic mass is 10.2. The Kier molecular flexibility index (Phi) is 10.0. The van der Waals surface area contributed by atoms with Crippen LogP contribution in [0.25, 0.3) is 0 Å². The minimum absolute atomic E-state index is 0.587. The lowest BCUT2D eigenvalue weighted by Gasteiger charge is -1.95. The van der Waals surface area contributed by atoms with Crippen molar-refractivity contribution in [1.82, 2.24) is 0 Å². The summed E-state index contributed by atoms with van der Waals surface area (Å²) in [4.78, 5) is 0. The predicted molar refractivity (Wildman–Crippen MR) is 48.2 cm³/mol. The van der Waals surface area contributed by atoms with Gasteiger partial charge >= 0.3 is 13.4 Å². The second kappa shape index (κ2) is 9.01. The van der Waals surface area contributed by atoms with Gasteiger partial charge < -0.3 is 0 Å². The van der Waals surface area contributed by atoms with Crippen LogP contribution in [-0.2, 0) is 0 Å². The molecule has 0 nitrogen and oxygen atoms in total. The van der Waals surface area contributed by atoms with Gasteiger partial charge in [-0.15, -0.1) is 0 Å². The molecule has 0 aromatic rings. The van der Waals surface area contributed by atoms with Crippen LogP contribution in [0.3, 0.4) is 0 Å². The Morgan fingerprint density at radius 2 is 1.78 bits per heavy atom. The lowest BCUT2D eigenvalue weighted by Crippen LogP contribution is -1.79. The van der Waals surface area contributed by atoms with Gasteiger partial charge in [0.25, 0.3) is 0 Å². The van der Waals surface area contributed by atoms with Crippen LogP contribution in [0.15, 0.2) is 0 Å². The fraction of sp³-hybridized carbons (Fsp3) is 1.00. The molecule has 0 N–H and O–H groups in total. The monoisotopic (exact) mass is 205 g/mol. The first kappa shape index (κ1) is 10.0. The first-order chi connectivity index (χ1) is 4.41. The molecule has 0 bridgehead atoms. The van der Waals surface area contributed by atoms with Crippen molar-refractivity contribution in [3.05, 3.63) is 0 Å². The molecule has 0 saturated carbocycles. The van der Waals surface area contributed by atoms with Crippen molar-refractivity contribution in [3.8, 4) is 0 Å². The van der Waals surface area contributed by atoms with Gasteiger partial charge in [-0.1, -0.05) is 44.3 Å². The summed E-state index contributed by atoms with van der Waals surface area (Å²) in [5.74, 6) is 0. The maximum absolute atomic E-state index is 3.50. The van der Waals surface area contributed by atoms with E-state index in [9.17, 15) is 0 Å². The molecule has 0 aliphatic heterocycles. The molecular formula is C7H15AlBr. The van der Waals surface area contributed by atoms with Gasteiger partial charge in [0.15, 0.2) is 0 Å².